The Hall–Kier alpha value is -2.02. The average molecular weight is 350 g/mol. The highest BCUT2D eigenvalue weighted by atomic mass is 32.2. The highest BCUT2D eigenvalue weighted by Crippen LogP contribution is 2.19. The molecule has 0 spiro atoms. The van der Waals surface area contributed by atoms with Gasteiger partial charge in [0.2, 0.25) is 5.91 Å². The molecule has 1 fully saturated rings. The molecule has 0 aliphatic carbocycles. The molecule has 2 amide bonds. The van der Waals surface area contributed by atoms with Gasteiger partial charge in [0.05, 0.1) is 11.7 Å². The topological polar surface area (TPSA) is 86.7 Å². The summed E-state index contributed by atoms with van der Waals surface area (Å²) < 4.78 is 0. The number of hydrogen-bond donors (Lipinski definition) is 2. The molecule has 0 saturated carbocycles. The zero-order valence-electron chi connectivity index (χ0n) is 13.4. The highest BCUT2D eigenvalue weighted by molar-refractivity contribution is 7.99. The Labute approximate surface area is 145 Å². The standard InChI is InChI=1S/C17H22N2O4S/c20-15(21)12-24-10-8-18-16(22)14-7-4-9-19(11-14)17(23)13-5-2-1-3-6-13/h1-3,5-6,14H,4,7-12H2,(H,18,22)(H,20,21). The lowest BCUT2D eigenvalue weighted by Gasteiger charge is -2.32. The number of nitrogens with one attached hydrogen (secondary N) is 1. The van der Waals surface area contributed by atoms with Crippen molar-refractivity contribution in [3.8, 4) is 0 Å². The van der Waals surface area contributed by atoms with E-state index in [-0.39, 0.29) is 23.5 Å². The SMILES string of the molecule is O=C(O)CSCCNC(=O)C1CCCN(C(=O)c2ccccc2)C1. The first-order valence-electron chi connectivity index (χ1n) is 7.99. The number of carboxylic acid groups (broad SMARTS) is 1. The van der Waals surface area contributed by atoms with E-state index in [1.54, 1.807) is 17.0 Å². The number of benzene rings is 1. The Balaban J connectivity index is 1.78. The van der Waals surface area contributed by atoms with Crippen molar-refractivity contribution in [2.45, 2.75) is 12.8 Å². The molecule has 0 radical (unpaired) electrons. The summed E-state index contributed by atoms with van der Waals surface area (Å²) in [6.07, 6.45) is 1.58. The summed E-state index contributed by atoms with van der Waals surface area (Å²) in [5.74, 6) is -0.540. The zero-order valence-corrected chi connectivity index (χ0v) is 14.3. The minimum Gasteiger partial charge on any atom is -0.481 e. The van der Waals surface area contributed by atoms with E-state index in [2.05, 4.69) is 5.32 Å². The Kier molecular flexibility index (Phi) is 7.11. The van der Waals surface area contributed by atoms with Crippen LogP contribution in [-0.2, 0) is 9.59 Å². The number of piperidine rings is 1. The van der Waals surface area contributed by atoms with Gasteiger partial charge in [-0.3, -0.25) is 14.4 Å². The van der Waals surface area contributed by atoms with Gasteiger partial charge < -0.3 is 15.3 Å². The largest absolute Gasteiger partial charge is 0.481 e. The summed E-state index contributed by atoms with van der Waals surface area (Å²) >= 11 is 1.27. The first-order valence-corrected chi connectivity index (χ1v) is 9.15. The van der Waals surface area contributed by atoms with Crippen LogP contribution in [0.3, 0.4) is 0 Å². The molecule has 0 aromatic heterocycles. The second-order valence-corrected chi connectivity index (χ2v) is 6.80. The Morgan fingerprint density at radius 2 is 2.00 bits per heavy atom. The highest BCUT2D eigenvalue weighted by Gasteiger charge is 2.28. The third kappa shape index (κ3) is 5.56. The number of amides is 2. The summed E-state index contributed by atoms with van der Waals surface area (Å²) in [4.78, 5) is 36.8. The van der Waals surface area contributed by atoms with Gasteiger partial charge in [-0.2, -0.15) is 0 Å². The normalized spacial score (nSPS) is 17.3. The quantitative estimate of drug-likeness (QED) is 0.727. The van der Waals surface area contributed by atoms with Crippen molar-refractivity contribution >= 4 is 29.5 Å². The summed E-state index contributed by atoms with van der Waals surface area (Å²) in [6.45, 7) is 1.55. The maximum absolute atomic E-state index is 12.5. The summed E-state index contributed by atoms with van der Waals surface area (Å²) in [5, 5.41) is 11.4. The van der Waals surface area contributed by atoms with E-state index < -0.39 is 5.97 Å². The molecule has 1 aromatic carbocycles. The van der Waals surface area contributed by atoms with E-state index in [0.717, 1.165) is 12.8 Å². The van der Waals surface area contributed by atoms with Gasteiger partial charge >= 0.3 is 5.97 Å². The molecule has 1 atom stereocenters. The van der Waals surface area contributed by atoms with Crippen molar-refractivity contribution in [3.05, 3.63) is 35.9 Å². The molecule has 1 aliphatic rings. The Morgan fingerprint density at radius 1 is 1.25 bits per heavy atom. The van der Waals surface area contributed by atoms with Crippen LogP contribution in [0.2, 0.25) is 0 Å². The van der Waals surface area contributed by atoms with Gasteiger partial charge in [-0.1, -0.05) is 18.2 Å². The van der Waals surface area contributed by atoms with Crippen LogP contribution in [0.25, 0.3) is 0 Å². The minimum absolute atomic E-state index is 0.0369. The number of nitrogens with zero attached hydrogens (tertiary/aromatic N) is 1. The zero-order chi connectivity index (χ0) is 17.4. The fourth-order valence-corrected chi connectivity index (χ4v) is 3.25. The Bertz CT molecular complexity index is 579. The second-order valence-electron chi connectivity index (χ2n) is 5.69. The maximum Gasteiger partial charge on any atom is 0.313 e. The van der Waals surface area contributed by atoms with Gasteiger partial charge in [0.15, 0.2) is 0 Å². The predicted molar refractivity (Wildman–Crippen MR) is 93.0 cm³/mol. The number of likely N-dealkylation sites (tertiary alicyclic amines) is 1. The second kappa shape index (κ2) is 9.32. The lowest BCUT2D eigenvalue weighted by molar-refractivity contribution is -0.134. The smallest absolute Gasteiger partial charge is 0.313 e. The summed E-state index contributed by atoms with van der Waals surface area (Å²) in [5.41, 5.74) is 0.642. The van der Waals surface area contributed by atoms with Crippen LogP contribution < -0.4 is 5.32 Å². The third-order valence-corrected chi connectivity index (χ3v) is 4.82. The molecule has 1 aromatic rings. The van der Waals surface area contributed by atoms with E-state index in [1.807, 2.05) is 18.2 Å². The van der Waals surface area contributed by atoms with Crippen LogP contribution in [0, 0.1) is 5.92 Å². The minimum atomic E-state index is -0.853. The maximum atomic E-state index is 12.5. The number of rotatable bonds is 7. The van der Waals surface area contributed by atoms with E-state index in [4.69, 9.17) is 5.11 Å². The van der Waals surface area contributed by atoms with Crippen molar-refractivity contribution in [2.75, 3.05) is 31.1 Å². The lowest BCUT2D eigenvalue weighted by Crippen LogP contribution is -2.45. The molecule has 130 valence electrons. The van der Waals surface area contributed by atoms with Crippen LogP contribution in [-0.4, -0.2) is 58.9 Å². The van der Waals surface area contributed by atoms with Gasteiger partial charge in [-0.25, -0.2) is 0 Å². The van der Waals surface area contributed by atoms with Crippen molar-refractivity contribution < 1.29 is 19.5 Å². The van der Waals surface area contributed by atoms with Crippen molar-refractivity contribution in [1.82, 2.24) is 10.2 Å². The number of carbonyl (C=O) groups is 3. The molecular formula is C17H22N2O4S. The van der Waals surface area contributed by atoms with Gasteiger partial charge in [-0.05, 0) is 25.0 Å². The molecule has 7 heteroatoms. The van der Waals surface area contributed by atoms with Gasteiger partial charge in [0.25, 0.3) is 5.91 Å². The summed E-state index contributed by atoms with van der Waals surface area (Å²) in [6, 6.07) is 9.09. The number of carbonyl (C=O) groups excluding carboxylic acids is 2. The van der Waals surface area contributed by atoms with E-state index in [9.17, 15) is 14.4 Å². The fourth-order valence-electron chi connectivity index (χ4n) is 2.69. The molecule has 1 heterocycles. The molecule has 2 N–H and O–H groups in total. The number of aliphatic carboxylic acids is 1. The average Bonchev–Trinajstić information content (AvgIpc) is 2.61. The fraction of sp³-hybridized carbons (Fsp3) is 0.471. The van der Waals surface area contributed by atoms with Crippen LogP contribution in [0.5, 0.6) is 0 Å². The molecule has 2 rings (SSSR count). The van der Waals surface area contributed by atoms with Gasteiger partial charge in [0, 0.05) is 31.0 Å². The van der Waals surface area contributed by atoms with Crippen molar-refractivity contribution in [2.24, 2.45) is 5.92 Å². The van der Waals surface area contributed by atoms with E-state index in [0.29, 0.717) is 31.0 Å². The van der Waals surface area contributed by atoms with E-state index >= 15 is 0 Å². The molecule has 24 heavy (non-hydrogen) atoms. The Morgan fingerprint density at radius 3 is 2.71 bits per heavy atom. The van der Waals surface area contributed by atoms with Crippen molar-refractivity contribution in [1.29, 1.82) is 0 Å². The summed E-state index contributed by atoms with van der Waals surface area (Å²) in [7, 11) is 0. The first kappa shape index (κ1) is 18.3. The number of thioether (sulfide) groups is 1. The molecule has 1 unspecified atom stereocenters. The van der Waals surface area contributed by atoms with Crippen LogP contribution in [0.15, 0.2) is 30.3 Å². The molecule has 0 bridgehead atoms. The number of hydrogen-bond acceptors (Lipinski definition) is 4. The monoisotopic (exact) mass is 350 g/mol. The van der Waals surface area contributed by atoms with Crippen LogP contribution in [0.1, 0.15) is 23.2 Å². The lowest BCUT2D eigenvalue weighted by atomic mass is 9.96. The van der Waals surface area contributed by atoms with Crippen LogP contribution >= 0.6 is 11.8 Å². The van der Waals surface area contributed by atoms with Crippen LogP contribution in [0.4, 0.5) is 0 Å². The molecule has 1 aliphatic heterocycles. The predicted octanol–water partition coefficient (Wildman–Crippen LogP) is 1.47. The van der Waals surface area contributed by atoms with E-state index in [1.165, 1.54) is 11.8 Å². The third-order valence-electron chi connectivity index (χ3n) is 3.87. The molecule has 6 nitrogen and oxygen atoms in total. The van der Waals surface area contributed by atoms with Crippen molar-refractivity contribution in [3.63, 3.8) is 0 Å². The van der Waals surface area contributed by atoms with Gasteiger partial charge in [0.1, 0.15) is 0 Å². The number of carboxylic acids is 1. The van der Waals surface area contributed by atoms with Gasteiger partial charge in [-0.15, -0.1) is 11.8 Å². The molecule has 1 saturated heterocycles. The molecular weight excluding hydrogens is 328 g/mol. The first-order chi connectivity index (χ1) is 11.6.